The molecule has 1 atom stereocenters. The molecule has 0 bridgehead atoms. The molecule has 0 aliphatic carbocycles. The average Bonchev–Trinajstić information content (AvgIpc) is 2.97. The molecule has 0 spiro atoms. The van der Waals surface area contributed by atoms with E-state index in [1.807, 2.05) is 38.1 Å². The number of amides is 1. The van der Waals surface area contributed by atoms with Crippen molar-refractivity contribution in [1.29, 1.82) is 0 Å². The summed E-state index contributed by atoms with van der Waals surface area (Å²) in [6.45, 7) is 3.90. The van der Waals surface area contributed by atoms with Gasteiger partial charge < -0.3 is 5.32 Å². The molecule has 2 aromatic heterocycles. The number of thiazole rings is 1. The summed E-state index contributed by atoms with van der Waals surface area (Å²) in [5.74, 6) is -0.411. The molecule has 1 amide bonds. The van der Waals surface area contributed by atoms with Crippen molar-refractivity contribution in [1.82, 2.24) is 14.7 Å². The number of nitrogens with zero attached hydrogens (tertiary/aromatic N) is 2. The lowest BCUT2D eigenvalue weighted by molar-refractivity contribution is 0.0938. The van der Waals surface area contributed by atoms with Crippen molar-refractivity contribution in [2.75, 3.05) is 0 Å². The summed E-state index contributed by atoms with van der Waals surface area (Å²) in [5.41, 5.74) is 1.85. The summed E-state index contributed by atoms with van der Waals surface area (Å²) in [6.07, 6.45) is 2.96. The number of carbonyl (C=O) groups is 1. The number of rotatable bonds is 3. The molecule has 3 rings (SSSR count). The van der Waals surface area contributed by atoms with E-state index in [4.69, 9.17) is 0 Å². The Morgan fingerprint density at radius 2 is 2.05 bits per heavy atom. The van der Waals surface area contributed by atoms with E-state index in [0.29, 0.717) is 4.96 Å². The van der Waals surface area contributed by atoms with Crippen LogP contribution in [0.5, 0.6) is 0 Å². The molecule has 112 valence electrons. The molecular formula is C16H15N3O2S. The zero-order valence-electron chi connectivity index (χ0n) is 12.2. The molecule has 0 radical (unpaired) electrons. The van der Waals surface area contributed by atoms with Gasteiger partial charge in [-0.3, -0.25) is 14.0 Å². The molecule has 0 saturated carbocycles. The number of aromatic nitrogens is 2. The Hall–Kier alpha value is -2.47. The maximum atomic E-state index is 12.3. The van der Waals surface area contributed by atoms with Crippen LogP contribution in [0.1, 0.15) is 34.5 Å². The van der Waals surface area contributed by atoms with Gasteiger partial charge in [0.1, 0.15) is 5.56 Å². The zero-order valence-corrected chi connectivity index (χ0v) is 13.1. The van der Waals surface area contributed by atoms with Crippen molar-refractivity contribution < 1.29 is 4.79 Å². The summed E-state index contributed by atoms with van der Waals surface area (Å²) in [7, 11) is 0. The fourth-order valence-electron chi connectivity index (χ4n) is 2.19. The van der Waals surface area contributed by atoms with E-state index in [1.165, 1.54) is 21.9 Å². The molecule has 6 heteroatoms. The number of hydrogen-bond donors (Lipinski definition) is 1. The smallest absolute Gasteiger partial charge is 0.271 e. The Labute approximate surface area is 131 Å². The van der Waals surface area contributed by atoms with E-state index in [2.05, 4.69) is 10.3 Å². The number of fused-ring (bicyclic) bond motifs is 1. The molecule has 2 heterocycles. The van der Waals surface area contributed by atoms with E-state index < -0.39 is 5.91 Å². The predicted molar refractivity (Wildman–Crippen MR) is 86.4 cm³/mol. The van der Waals surface area contributed by atoms with Crippen LogP contribution < -0.4 is 10.9 Å². The molecular weight excluding hydrogens is 298 g/mol. The number of aryl methyl sites for hydroxylation is 1. The zero-order chi connectivity index (χ0) is 15.7. The van der Waals surface area contributed by atoms with E-state index in [1.54, 1.807) is 11.6 Å². The second kappa shape index (κ2) is 5.73. The minimum Gasteiger partial charge on any atom is -0.345 e. The third kappa shape index (κ3) is 2.65. The molecule has 3 aromatic rings. The largest absolute Gasteiger partial charge is 0.345 e. The average molecular weight is 313 g/mol. The van der Waals surface area contributed by atoms with Gasteiger partial charge in [-0.2, -0.15) is 0 Å². The first-order chi connectivity index (χ1) is 10.6. The van der Waals surface area contributed by atoms with Gasteiger partial charge in [-0.05, 0) is 19.4 Å². The highest BCUT2D eigenvalue weighted by molar-refractivity contribution is 7.15. The fourth-order valence-corrected chi connectivity index (χ4v) is 2.87. The summed E-state index contributed by atoms with van der Waals surface area (Å²) < 4.78 is 1.39. The van der Waals surface area contributed by atoms with E-state index >= 15 is 0 Å². The minimum absolute atomic E-state index is 0.0508. The van der Waals surface area contributed by atoms with Crippen LogP contribution in [0.4, 0.5) is 0 Å². The number of nitrogens with one attached hydrogen (secondary N) is 1. The van der Waals surface area contributed by atoms with Crippen LogP contribution in [0.3, 0.4) is 0 Å². The molecule has 1 aromatic carbocycles. The maximum absolute atomic E-state index is 12.3. The Balaban J connectivity index is 1.85. The molecule has 0 aliphatic rings. The highest BCUT2D eigenvalue weighted by atomic mass is 32.1. The van der Waals surface area contributed by atoms with Crippen molar-refractivity contribution in [3.05, 3.63) is 69.1 Å². The normalized spacial score (nSPS) is 12.3. The lowest BCUT2D eigenvalue weighted by Gasteiger charge is -2.14. The molecule has 1 unspecified atom stereocenters. The lowest BCUT2D eigenvalue weighted by atomic mass is 10.1. The van der Waals surface area contributed by atoms with Crippen LogP contribution in [0.15, 0.2) is 46.8 Å². The van der Waals surface area contributed by atoms with Crippen LogP contribution >= 0.6 is 11.3 Å². The Morgan fingerprint density at radius 3 is 2.77 bits per heavy atom. The minimum atomic E-state index is -0.411. The molecule has 5 nitrogen and oxygen atoms in total. The summed E-state index contributed by atoms with van der Waals surface area (Å²) in [6, 6.07) is 7.73. The van der Waals surface area contributed by atoms with Crippen LogP contribution in [-0.4, -0.2) is 15.3 Å². The third-order valence-corrected chi connectivity index (χ3v) is 4.28. The topological polar surface area (TPSA) is 63.5 Å². The molecule has 1 N–H and O–H groups in total. The van der Waals surface area contributed by atoms with Gasteiger partial charge in [-0.15, -0.1) is 11.3 Å². The first-order valence-electron chi connectivity index (χ1n) is 6.88. The standard InChI is InChI=1S/C16H15N3O2S/c1-10-3-5-12(6-4-10)11(2)18-14(20)13-9-17-16-19(15(13)21)7-8-22-16/h3-9,11H,1-2H3,(H,18,20). The Morgan fingerprint density at radius 1 is 1.32 bits per heavy atom. The Kier molecular flexibility index (Phi) is 3.77. The quantitative estimate of drug-likeness (QED) is 0.808. The number of hydrogen-bond acceptors (Lipinski definition) is 4. The van der Waals surface area contributed by atoms with Crippen molar-refractivity contribution in [3.63, 3.8) is 0 Å². The third-order valence-electron chi connectivity index (χ3n) is 3.51. The second-order valence-corrected chi connectivity index (χ2v) is 6.01. The van der Waals surface area contributed by atoms with Gasteiger partial charge in [0.25, 0.3) is 11.5 Å². The van der Waals surface area contributed by atoms with Gasteiger partial charge in [0, 0.05) is 17.8 Å². The van der Waals surface area contributed by atoms with Crippen LogP contribution in [0.25, 0.3) is 4.96 Å². The summed E-state index contributed by atoms with van der Waals surface area (Å²) in [5, 5.41) is 4.61. The van der Waals surface area contributed by atoms with Crippen LogP contribution in [-0.2, 0) is 0 Å². The Bertz CT molecular complexity index is 880. The van der Waals surface area contributed by atoms with Gasteiger partial charge >= 0.3 is 0 Å². The highest BCUT2D eigenvalue weighted by Crippen LogP contribution is 2.13. The van der Waals surface area contributed by atoms with E-state index in [-0.39, 0.29) is 17.2 Å². The lowest BCUT2D eigenvalue weighted by Crippen LogP contribution is -2.32. The van der Waals surface area contributed by atoms with Gasteiger partial charge in [0.2, 0.25) is 0 Å². The molecule has 0 aliphatic heterocycles. The van der Waals surface area contributed by atoms with Crippen molar-refractivity contribution in [2.45, 2.75) is 19.9 Å². The van der Waals surface area contributed by atoms with Gasteiger partial charge in [-0.25, -0.2) is 4.98 Å². The molecule has 0 saturated heterocycles. The second-order valence-electron chi connectivity index (χ2n) is 5.14. The molecule has 0 fully saturated rings. The number of benzene rings is 1. The van der Waals surface area contributed by atoms with Crippen LogP contribution in [0, 0.1) is 6.92 Å². The SMILES string of the molecule is Cc1ccc(C(C)NC(=O)c2cnc3sccn3c2=O)cc1. The maximum Gasteiger partial charge on any atom is 0.271 e. The number of carbonyl (C=O) groups excluding carboxylic acids is 1. The van der Waals surface area contributed by atoms with Crippen molar-refractivity contribution in [2.24, 2.45) is 0 Å². The van der Waals surface area contributed by atoms with Gasteiger partial charge in [0.05, 0.1) is 6.04 Å². The van der Waals surface area contributed by atoms with Gasteiger partial charge in [0.15, 0.2) is 4.96 Å². The van der Waals surface area contributed by atoms with Crippen molar-refractivity contribution >= 4 is 22.2 Å². The fraction of sp³-hybridized carbons (Fsp3) is 0.188. The molecule has 22 heavy (non-hydrogen) atoms. The van der Waals surface area contributed by atoms with Gasteiger partial charge in [-0.1, -0.05) is 29.8 Å². The highest BCUT2D eigenvalue weighted by Gasteiger charge is 2.16. The first kappa shape index (κ1) is 14.5. The summed E-state index contributed by atoms with van der Waals surface area (Å²) >= 11 is 1.35. The summed E-state index contributed by atoms with van der Waals surface area (Å²) in [4.78, 5) is 29.3. The predicted octanol–water partition coefficient (Wildman–Crippen LogP) is 2.56. The van der Waals surface area contributed by atoms with Crippen molar-refractivity contribution in [3.8, 4) is 0 Å². The monoisotopic (exact) mass is 313 g/mol. The van der Waals surface area contributed by atoms with E-state index in [0.717, 1.165) is 11.1 Å². The van der Waals surface area contributed by atoms with E-state index in [9.17, 15) is 9.59 Å². The van der Waals surface area contributed by atoms with Crippen LogP contribution in [0.2, 0.25) is 0 Å². The first-order valence-corrected chi connectivity index (χ1v) is 7.76.